The minimum atomic E-state index is -0.323. The highest BCUT2D eigenvalue weighted by atomic mass is 16.1. The first-order valence-electron chi connectivity index (χ1n) is 4.46. The van der Waals surface area contributed by atoms with Crippen molar-refractivity contribution in [3.63, 3.8) is 0 Å². The Labute approximate surface area is 83.9 Å². The van der Waals surface area contributed by atoms with Crippen LogP contribution in [0.3, 0.4) is 0 Å². The number of aromatic nitrogens is 1. The van der Waals surface area contributed by atoms with Gasteiger partial charge in [0.25, 0.3) is 5.91 Å². The van der Waals surface area contributed by atoms with Crippen LogP contribution in [-0.4, -0.2) is 20.0 Å². The van der Waals surface area contributed by atoms with Crippen molar-refractivity contribution in [2.75, 3.05) is 19.0 Å². The Bertz CT molecular complexity index is 347. The molecule has 0 aliphatic heterocycles. The normalized spacial score (nSPS) is 9.93. The van der Waals surface area contributed by atoms with Crippen molar-refractivity contribution in [3.05, 3.63) is 24.0 Å². The number of rotatable bonds is 3. The third kappa shape index (κ3) is 2.45. The smallest absolute Gasteiger partial charge is 0.283 e. The van der Waals surface area contributed by atoms with E-state index in [0.29, 0.717) is 0 Å². The first-order valence-corrected chi connectivity index (χ1v) is 4.46. The summed E-state index contributed by atoms with van der Waals surface area (Å²) in [5, 5.41) is 0. The highest BCUT2D eigenvalue weighted by Gasteiger charge is 2.10. The number of carbonyl (C=O) groups is 1. The van der Waals surface area contributed by atoms with Gasteiger partial charge in [-0.2, -0.15) is 4.57 Å². The zero-order chi connectivity index (χ0) is 10.7. The highest BCUT2D eigenvalue weighted by molar-refractivity contribution is 5.72. The van der Waals surface area contributed by atoms with Crippen LogP contribution in [0.15, 0.2) is 18.3 Å². The van der Waals surface area contributed by atoms with Crippen molar-refractivity contribution in [1.29, 1.82) is 0 Å². The molecule has 4 nitrogen and oxygen atoms in total. The van der Waals surface area contributed by atoms with Crippen LogP contribution in [0.2, 0.25) is 0 Å². The average Bonchev–Trinajstić information content (AvgIpc) is 2.07. The Morgan fingerprint density at radius 1 is 1.57 bits per heavy atom. The summed E-state index contributed by atoms with van der Waals surface area (Å²) in [6, 6.07) is 3.97. The second-order valence-electron chi connectivity index (χ2n) is 3.51. The monoisotopic (exact) mass is 194 g/mol. The summed E-state index contributed by atoms with van der Waals surface area (Å²) in [7, 11) is 3.96. The first kappa shape index (κ1) is 10.5. The number of aryl methyl sites for hydroxylation is 1. The molecule has 0 aromatic carbocycles. The van der Waals surface area contributed by atoms with Gasteiger partial charge in [0.2, 0.25) is 6.54 Å². The minimum Gasteiger partial charge on any atom is -0.377 e. The van der Waals surface area contributed by atoms with Crippen LogP contribution in [0.1, 0.15) is 5.69 Å². The lowest BCUT2D eigenvalue weighted by molar-refractivity contribution is -0.690. The molecule has 1 aromatic rings. The molecule has 1 heterocycles. The molecule has 76 valence electrons. The van der Waals surface area contributed by atoms with Crippen LogP contribution >= 0.6 is 0 Å². The van der Waals surface area contributed by atoms with E-state index in [1.165, 1.54) is 0 Å². The SMILES string of the molecule is Cc1cc(N(C)C)cc[n+]1CC(N)=O. The standard InChI is InChI=1S/C10H15N3O/c1-8-6-9(12(2)3)4-5-13(8)7-10(11)14/h4-6H,7H2,1-3H3,(H-,11,14)/p+1. The number of carbonyl (C=O) groups excluding carboxylic acids is 1. The third-order valence-electron chi connectivity index (χ3n) is 2.08. The second kappa shape index (κ2) is 4.09. The first-order chi connectivity index (χ1) is 6.50. The number of primary amides is 1. The van der Waals surface area contributed by atoms with E-state index in [1.54, 1.807) is 0 Å². The lowest BCUT2D eigenvalue weighted by Crippen LogP contribution is -2.43. The van der Waals surface area contributed by atoms with E-state index >= 15 is 0 Å². The van der Waals surface area contributed by atoms with E-state index in [0.717, 1.165) is 11.4 Å². The number of amides is 1. The topological polar surface area (TPSA) is 50.2 Å². The third-order valence-corrected chi connectivity index (χ3v) is 2.08. The van der Waals surface area contributed by atoms with Gasteiger partial charge in [-0.05, 0) is 0 Å². The quantitative estimate of drug-likeness (QED) is 0.679. The van der Waals surface area contributed by atoms with E-state index < -0.39 is 0 Å². The zero-order valence-corrected chi connectivity index (χ0v) is 8.82. The molecule has 2 N–H and O–H groups in total. The number of pyridine rings is 1. The van der Waals surface area contributed by atoms with Gasteiger partial charge in [-0.15, -0.1) is 0 Å². The summed E-state index contributed by atoms with van der Waals surface area (Å²) < 4.78 is 1.83. The fraction of sp³-hybridized carbons (Fsp3) is 0.400. The number of nitrogens with zero attached hydrogens (tertiary/aromatic N) is 2. The Kier molecular flexibility index (Phi) is 3.06. The van der Waals surface area contributed by atoms with Gasteiger partial charge in [0.1, 0.15) is 0 Å². The maximum absolute atomic E-state index is 10.7. The highest BCUT2D eigenvalue weighted by Crippen LogP contribution is 2.08. The summed E-state index contributed by atoms with van der Waals surface area (Å²) in [6.45, 7) is 2.19. The second-order valence-corrected chi connectivity index (χ2v) is 3.51. The van der Waals surface area contributed by atoms with E-state index in [-0.39, 0.29) is 12.5 Å². The van der Waals surface area contributed by atoms with Gasteiger partial charge in [-0.3, -0.25) is 4.79 Å². The van der Waals surface area contributed by atoms with Crippen molar-refractivity contribution >= 4 is 11.6 Å². The van der Waals surface area contributed by atoms with Crippen LogP contribution in [0, 0.1) is 6.92 Å². The van der Waals surface area contributed by atoms with Gasteiger partial charge in [-0.1, -0.05) is 0 Å². The lowest BCUT2D eigenvalue weighted by Gasteiger charge is -2.11. The number of anilines is 1. The van der Waals surface area contributed by atoms with E-state index in [4.69, 9.17) is 5.73 Å². The maximum Gasteiger partial charge on any atom is 0.283 e. The van der Waals surface area contributed by atoms with Crippen molar-refractivity contribution in [2.24, 2.45) is 5.73 Å². The predicted molar refractivity (Wildman–Crippen MR) is 54.9 cm³/mol. The minimum absolute atomic E-state index is 0.236. The summed E-state index contributed by atoms with van der Waals surface area (Å²) >= 11 is 0. The Morgan fingerprint density at radius 3 is 2.64 bits per heavy atom. The molecule has 0 radical (unpaired) electrons. The van der Waals surface area contributed by atoms with Gasteiger partial charge < -0.3 is 10.6 Å². The molecule has 0 bridgehead atoms. The van der Waals surface area contributed by atoms with Crippen molar-refractivity contribution in [2.45, 2.75) is 13.5 Å². The summed E-state index contributed by atoms with van der Waals surface area (Å²) in [5.41, 5.74) is 7.26. The molecule has 0 saturated heterocycles. The largest absolute Gasteiger partial charge is 0.377 e. The molecule has 1 rings (SSSR count). The fourth-order valence-corrected chi connectivity index (χ4v) is 1.25. The molecule has 0 aliphatic carbocycles. The van der Waals surface area contributed by atoms with Crippen molar-refractivity contribution in [1.82, 2.24) is 0 Å². The molecule has 0 saturated carbocycles. The van der Waals surface area contributed by atoms with E-state index in [2.05, 4.69) is 0 Å². The van der Waals surface area contributed by atoms with Crippen LogP contribution in [0.5, 0.6) is 0 Å². The number of hydrogen-bond acceptors (Lipinski definition) is 2. The summed E-state index contributed by atoms with van der Waals surface area (Å²) in [6.07, 6.45) is 1.87. The average molecular weight is 194 g/mol. The Morgan fingerprint density at radius 2 is 2.21 bits per heavy atom. The lowest BCUT2D eigenvalue weighted by atomic mass is 10.3. The van der Waals surface area contributed by atoms with Gasteiger partial charge >= 0.3 is 0 Å². The molecule has 0 spiro atoms. The van der Waals surface area contributed by atoms with Gasteiger partial charge in [0, 0.05) is 38.8 Å². The number of hydrogen-bond donors (Lipinski definition) is 1. The van der Waals surface area contributed by atoms with Gasteiger partial charge in [-0.25, -0.2) is 0 Å². The maximum atomic E-state index is 10.7. The fourth-order valence-electron chi connectivity index (χ4n) is 1.25. The Hall–Kier alpha value is -1.58. The van der Waals surface area contributed by atoms with Gasteiger partial charge in [0.15, 0.2) is 11.9 Å². The molecule has 0 atom stereocenters. The zero-order valence-electron chi connectivity index (χ0n) is 8.82. The molecule has 0 aliphatic rings. The van der Waals surface area contributed by atoms with Crippen LogP contribution in [0.4, 0.5) is 5.69 Å². The molecule has 14 heavy (non-hydrogen) atoms. The summed E-state index contributed by atoms with van der Waals surface area (Å²) in [4.78, 5) is 12.7. The van der Waals surface area contributed by atoms with Crippen molar-refractivity contribution in [3.8, 4) is 0 Å². The van der Waals surface area contributed by atoms with Crippen LogP contribution in [-0.2, 0) is 11.3 Å². The van der Waals surface area contributed by atoms with Gasteiger partial charge in [0.05, 0.1) is 0 Å². The molecular weight excluding hydrogens is 178 g/mol. The molecule has 0 unspecified atom stereocenters. The Balaban J connectivity index is 2.95. The van der Waals surface area contributed by atoms with Crippen LogP contribution in [0.25, 0.3) is 0 Å². The van der Waals surface area contributed by atoms with E-state index in [9.17, 15) is 4.79 Å². The molecule has 1 aromatic heterocycles. The molecule has 1 amide bonds. The van der Waals surface area contributed by atoms with Crippen LogP contribution < -0.4 is 15.2 Å². The number of nitrogens with two attached hydrogens (primary N) is 1. The van der Waals surface area contributed by atoms with E-state index in [1.807, 2.05) is 48.8 Å². The molecule has 4 heteroatoms. The summed E-state index contributed by atoms with van der Waals surface area (Å²) in [5.74, 6) is -0.323. The molecular formula is C10H16N3O+. The predicted octanol–water partition coefficient (Wildman–Crippen LogP) is -0.166. The molecule has 0 fully saturated rings. The van der Waals surface area contributed by atoms with Crippen molar-refractivity contribution < 1.29 is 9.36 Å².